The van der Waals surface area contributed by atoms with Crippen molar-refractivity contribution in [3.8, 4) is 0 Å². The number of nitrogens with one attached hydrogen (secondary N) is 1. The van der Waals surface area contributed by atoms with Crippen LogP contribution in [0, 0.1) is 10.1 Å². The minimum absolute atomic E-state index is 0.111. The maximum Gasteiger partial charge on any atom is 0.275 e. The van der Waals surface area contributed by atoms with Crippen LogP contribution in [0.25, 0.3) is 0 Å². The average Bonchev–Trinajstić information content (AvgIpc) is 2.45. The summed E-state index contributed by atoms with van der Waals surface area (Å²) in [5.74, 6) is 0. The first-order chi connectivity index (χ1) is 9.59. The third-order valence-electron chi connectivity index (χ3n) is 3.94. The summed E-state index contributed by atoms with van der Waals surface area (Å²) in [5, 5.41) is 14.8. The number of hydrogen-bond donors (Lipinski definition) is 1. The zero-order chi connectivity index (χ0) is 14.5. The summed E-state index contributed by atoms with van der Waals surface area (Å²) >= 11 is 0. The van der Waals surface area contributed by atoms with Crippen molar-refractivity contribution in [2.24, 2.45) is 0 Å². The van der Waals surface area contributed by atoms with Crippen molar-refractivity contribution < 1.29 is 4.92 Å². The number of para-hydroxylation sites is 1. The van der Waals surface area contributed by atoms with Gasteiger partial charge in [0.1, 0.15) is 0 Å². The molecule has 20 heavy (non-hydrogen) atoms. The smallest absolute Gasteiger partial charge is 0.275 e. The quantitative estimate of drug-likeness (QED) is 0.510. The van der Waals surface area contributed by atoms with Gasteiger partial charge in [0, 0.05) is 12.1 Å². The topological polar surface area (TPSA) is 58.4 Å². The van der Waals surface area contributed by atoms with Crippen LogP contribution in [0.1, 0.15) is 43.8 Å². The van der Waals surface area contributed by atoms with Crippen LogP contribution in [0.4, 0.5) is 5.69 Å². The summed E-state index contributed by atoms with van der Waals surface area (Å²) in [6.07, 6.45) is 6.00. The summed E-state index contributed by atoms with van der Waals surface area (Å²) in [4.78, 5) is 12.9. The molecule has 1 fully saturated rings. The highest BCUT2D eigenvalue weighted by molar-refractivity contribution is 5.41. The molecule has 0 spiro atoms. The molecule has 0 aliphatic heterocycles. The van der Waals surface area contributed by atoms with Crippen molar-refractivity contribution >= 4 is 5.69 Å². The highest BCUT2D eigenvalue weighted by Gasteiger charge is 2.26. The van der Waals surface area contributed by atoms with E-state index in [0.29, 0.717) is 6.04 Å². The first-order valence-corrected chi connectivity index (χ1v) is 7.25. The molecule has 5 heteroatoms. The summed E-state index contributed by atoms with van der Waals surface area (Å²) < 4.78 is 0. The Hall–Kier alpha value is -1.46. The normalized spacial score (nSPS) is 18.1. The van der Waals surface area contributed by atoms with Gasteiger partial charge in [0.2, 0.25) is 0 Å². The third-order valence-corrected chi connectivity index (χ3v) is 3.94. The molecule has 0 bridgehead atoms. The fraction of sp³-hybridized carbons (Fsp3) is 0.600. The number of benzene rings is 1. The Bertz CT molecular complexity index is 456. The molecule has 0 heterocycles. The van der Waals surface area contributed by atoms with Gasteiger partial charge in [-0.05, 0) is 33.0 Å². The summed E-state index contributed by atoms with van der Waals surface area (Å²) in [6, 6.07) is 7.46. The molecule has 2 rings (SSSR count). The number of nitro groups is 1. The Morgan fingerprint density at radius 3 is 2.50 bits per heavy atom. The Kier molecular flexibility index (Phi) is 5.09. The summed E-state index contributed by atoms with van der Waals surface area (Å²) in [6.45, 7) is 0. The number of rotatable bonds is 5. The molecule has 0 radical (unpaired) electrons. The molecule has 1 aliphatic carbocycles. The van der Waals surface area contributed by atoms with Gasteiger partial charge in [0.15, 0.2) is 0 Å². The van der Waals surface area contributed by atoms with Gasteiger partial charge in [-0.1, -0.05) is 31.4 Å². The predicted octanol–water partition coefficient (Wildman–Crippen LogP) is 3.08. The van der Waals surface area contributed by atoms with E-state index in [4.69, 9.17) is 0 Å². The van der Waals surface area contributed by atoms with Crippen LogP contribution in [0.2, 0.25) is 0 Å². The minimum atomic E-state index is -0.297. The fourth-order valence-corrected chi connectivity index (χ4v) is 2.89. The lowest BCUT2D eigenvalue weighted by molar-refractivity contribution is -0.386. The van der Waals surface area contributed by atoms with Gasteiger partial charge in [0.25, 0.3) is 5.69 Å². The average molecular weight is 277 g/mol. The fourth-order valence-electron chi connectivity index (χ4n) is 2.89. The van der Waals surface area contributed by atoms with Crippen LogP contribution in [0.15, 0.2) is 24.3 Å². The zero-order valence-electron chi connectivity index (χ0n) is 12.2. The van der Waals surface area contributed by atoms with Gasteiger partial charge in [-0.3, -0.25) is 20.3 Å². The molecule has 0 saturated heterocycles. The molecule has 1 aromatic carbocycles. The summed E-state index contributed by atoms with van der Waals surface area (Å²) in [5.41, 5.74) is 0.933. The highest BCUT2D eigenvalue weighted by atomic mass is 16.6. The third kappa shape index (κ3) is 3.55. The Morgan fingerprint density at radius 1 is 1.25 bits per heavy atom. The SMILES string of the molecule is CN(C)C(NC1CCCCC1)c1ccccc1[N+](=O)[O-]. The van der Waals surface area contributed by atoms with Crippen molar-refractivity contribution in [3.05, 3.63) is 39.9 Å². The molecule has 1 N–H and O–H groups in total. The molecule has 1 aliphatic rings. The lowest BCUT2D eigenvalue weighted by Crippen LogP contribution is -2.41. The molecular weight excluding hydrogens is 254 g/mol. The molecule has 0 amide bonds. The second-order valence-corrected chi connectivity index (χ2v) is 5.68. The molecular formula is C15H23N3O2. The van der Waals surface area contributed by atoms with E-state index in [1.807, 2.05) is 31.1 Å². The molecule has 1 atom stereocenters. The second-order valence-electron chi connectivity index (χ2n) is 5.68. The zero-order valence-corrected chi connectivity index (χ0v) is 12.2. The van der Waals surface area contributed by atoms with Crippen LogP contribution in [0.3, 0.4) is 0 Å². The van der Waals surface area contributed by atoms with E-state index in [1.54, 1.807) is 12.1 Å². The van der Waals surface area contributed by atoms with E-state index in [1.165, 1.54) is 19.3 Å². The van der Waals surface area contributed by atoms with Gasteiger partial charge in [-0.25, -0.2) is 0 Å². The minimum Gasteiger partial charge on any atom is -0.295 e. The lowest BCUT2D eigenvalue weighted by atomic mass is 9.94. The first-order valence-electron chi connectivity index (χ1n) is 7.25. The highest BCUT2D eigenvalue weighted by Crippen LogP contribution is 2.28. The van der Waals surface area contributed by atoms with Crippen LogP contribution in [0.5, 0.6) is 0 Å². The standard InChI is InChI=1S/C15H23N3O2/c1-17(2)15(16-12-8-4-3-5-9-12)13-10-6-7-11-14(13)18(19)20/h6-7,10-12,15-16H,3-5,8-9H2,1-2H3. The lowest BCUT2D eigenvalue weighted by Gasteiger charge is -2.32. The Morgan fingerprint density at radius 2 is 1.90 bits per heavy atom. The van der Waals surface area contributed by atoms with E-state index < -0.39 is 0 Å². The van der Waals surface area contributed by atoms with Crippen molar-refractivity contribution in [1.82, 2.24) is 10.2 Å². The van der Waals surface area contributed by atoms with Gasteiger partial charge in [-0.15, -0.1) is 0 Å². The molecule has 110 valence electrons. The Balaban J connectivity index is 2.21. The van der Waals surface area contributed by atoms with E-state index >= 15 is 0 Å². The van der Waals surface area contributed by atoms with Gasteiger partial charge >= 0.3 is 0 Å². The predicted molar refractivity (Wildman–Crippen MR) is 79.5 cm³/mol. The van der Waals surface area contributed by atoms with Crippen LogP contribution >= 0.6 is 0 Å². The van der Waals surface area contributed by atoms with E-state index in [9.17, 15) is 10.1 Å². The molecule has 1 saturated carbocycles. The van der Waals surface area contributed by atoms with Crippen LogP contribution in [-0.4, -0.2) is 30.0 Å². The number of nitro benzene ring substituents is 1. The van der Waals surface area contributed by atoms with Crippen LogP contribution in [-0.2, 0) is 0 Å². The van der Waals surface area contributed by atoms with E-state index in [2.05, 4.69) is 5.32 Å². The second kappa shape index (κ2) is 6.81. The van der Waals surface area contributed by atoms with Gasteiger partial charge < -0.3 is 0 Å². The van der Waals surface area contributed by atoms with Crippen molar-refractivity contribution in [2.75, 3.05) is 14.1 Å². The first kappa shape index (κ1) is 14.9. The maximum absolute atomic E-state index is 11.2. The van der Waals surface area contributed by atoms with Crippen molar-refractivity contribution in [1.29, 1.82) is 0 Å². The molecule has 1 unspecified atom stereocenters. The number of hydrogen-bond acceptors (Lipinski definition) is 4. The largest absolute Gasteiger partial charge is 0.295 e. The molecule has 1 aromatic rings. The van der Waals surface area contributed by atoms with Crippen molar-refractivity contribution in [3.63, 3.8) is 0 Å². The molecule has 5 nitrogen and oxygen atoms in total. The Labute approximate surface area is 120 Å². The van der Waals surface area contributed by atoms with Crippen LogP contribution < -0.4 is 5.32 Å². The van der Waals surface area contributed by atoms with E-state index in [-0.39, 0.29) is 16.8 Å². The molecule has 0 aromatic heterocycles. The monoisotopic (exact) mass is 277 g/mol. The van der Waals surface area contributed by atoms with E-state index in [0.717, 1.165) is 18.4 Å². The maximum atomic E-state index is 11.2. The van der Waals surface area contributed by atoms with Gasteiger partial charge in [0.05, 0.1) is 16.7 Å². The van der Waals surface area contributed by atoms with Crippen molar-refractivity contribution in [2.45, 2.75) is 44.3 Å². The van der Waals surface area contributed by atoms with Gasteiger partial charge in [-0.2, -0.15) is 0 Å². The number of nitrogens with zero attached hydrogens (tertiary/aromatic N) is 2. The summed E-state index contributed by atoms with van der Waals surface area (Å²) in [7, 11) is 3.91.